The maximum atomic E-state index is 5.45. The molecule has 0 bridgehead atoms. The molecule has 0 unspecified atom stereocenters. The summed E-state index contributed by atoms with van der Waals surface area (Å²) < 4.78 is 10.7. The van der Waals surface area contributed by atoms with Gasteiger partial charge in [-0.1, -0.05) is 18.2 Å². The van der Waals surface area contributed by atoms with Gasteiger partial charge in [-0.3, -0.25) is 4.98 Å². The van der Waals surface area contributed by atoms with E-state index in [9.17, 15) is 0 Å². The Morgan fingerprint density at radius 3 is 2.60 bits per heavy atom. The molecule has 100 valence electrons. The Kier molecular flexibility index (Phi) is 3.25. The van der Waals surface area contributed by atoms with E-state index in [1.165, 1.54) is 0 Å². The van der Waals surface area contributed by atoms with Crippen LogP contribution < -0.4 is 9.47 Å². The van der Waals surface area contributed by atoms with Gasteiger partial charge in [0.1, 0.15) is 11.5 Å². The zero-order valence-electron chi connectivity index (χ0n) is 11.5. The van der Waals surface area contributed by atoms with E-state index in [-0.39, 0.29) is 0 Å². The monoisotopic (exact) mass is 265 g/mol. The molecule has 0 radical (unpaired) electrons. The predicted molar refractivity (Wildman–Crippen MR) is 80.3 cm³/mol. The molecule has 1 heterocycles. The van der Waals surface area contributed by atoms with Crippen molar-refractivity contribution in [2.24, 2.45) is 0 Å². The normalized spacial score (nSPS) is 10.5. The fraction of sp³-hybridized carbons (Fsp3) is 0.118. The maximum Gasteiger partial charge on any atom is 0.130 e. The minimum absolute atomic E-state index is 0.782. The van der Waals surface area contributed by atoms with Crippen LogP contribution in [-0.2, 0) is 0 Å². The van der Waals surface area contributed by atoms with Crippen LogP contribution in [0.2, 0.25) is 0 Å². The maximum absolute atomic E-state index is 5.45. The second-order valence-electron chi connectivity index (χ2n) is 4.48. The van der Waals surface area contributed by atoms with Crippen LogP contribution in [0.4, 0.5) is 0 Å². The number of hydrogen-bond donors (Lipinski definition) is 0. The molecular formula is C17H15NO2. The highest BCUT2D eigenvalue weighted by atomic mass is 16.5. The second-order valence-corrected chi connectivity index (χ2v) is 4.48. The molecule has 0 aliphatic rings. The first kappa shape index (κ1) is 12.5. The van der Waals surface area contributed by atoms with Crippen LogP contribution >= 0.6 is 0 Å². The van der Waals surface area contributed by atoms with Crippen LogP contribution in [0, 0.1) is 0 Å². The molecule has 20 heavy (non-hydrogen) atoms. The Morgan fingerprint density at radius 2 is 1.80 bits per heavy atom. The van der Waals surface area contributed by atoms with Gasteiger partial charge in [0.25, 0.3) is 0 Å². The standard InChI is InChI=1S/C17H15NO2/c1-19-14-7-8-15(17(11-14)20-2)13-6-5-12-4-3-9-18-16(12)10-13/h3-11H,1-2H3. The van der Waals surface area contributed by atoms with Gasteiger partial charge < -0.3 is 9.47 Å². The average molecular weight is 265 g/mol. The topological polar surface area (TPSA) is 31.4 Å². The van der Waals surface area contributed by atoms with Crippen molar-refractivity contribution in [3.63, 3.8) is 0 Å². The van der Waals surface area contributed by atoms with Gasteiger partial charge in [-0.25, -0.2) is 0 Å². The highest BCUT2D eigenvalue weighted by Crippen LogP contribution is 2.34. The number of rotatable bonds is 3. The van der Waals surface area contributed by atoms with Crippen LogP contribution in [0.15, 0.2) is 54.7 Å². The van der Waals surface area contributed by atoms with Crippen molar-refractivity contribution in [1.29, 1.82) is 0 Å². The van der Waals surface area contributed by atoms with Crippen LogP contribution in [0.3, 0.4) is 0 Å². The molecule has 0 saturated carbocycles. The number of pyridine rings is 1. The number of benzene rings is 2. The molecule has 3 rings (SSSR count). The number of hydrogen-bond acceptors (Lipinski definition) is 3. The van der Waals surface area contributed by atoms with E-state index in [1.807, 2.05) is 24.3 Å². The van der Waals surface area contributed by atoms with Crippen molar-refractivity contribution in [3.05, 3.63) is 54.7 Å². The van der Waals surface area contributed by atoms with Gasteiger partial charge in [-0.05, 0) is 29.8 Å². The molecule has 3 heteroatoms. The number of fused-ring (bicyclic) bond motifs is 1. The van der Waals surface area contributed by atoms with E-state index < -0.39 is 0 Å². The third-order valence-corrected chi connectivity index (χ3v) is 3.33. The first-order chi connectivity index (χ1) is 9.81. The highest BCUT2D eigenvalue weighted by Gasteiger charge is 2.08. The molecule has 1 aromatic heterocycles. The Labute approximate surface area is 117 Å². The van der Waals surface area contributed by atoms with Crippen LogP contribution in [0.25, 0.3) is 22.0 Å². The number of ether oxygens (including phenoxy) is 2. The molecule has 3 aromatic rings. The average Bonchev–Trinajstić information content (AvgIpc) is 2.53. The Morgan fingerprint density at radius 1 is 0.900 bits per heavy atom. The largest absolute Gasteiger partial charge is 0.497 e. The van der Waals surface area contributed by atoms with Gasteiger partial charge >= 0.3 is 0 Å². The Balaban J connectivity index is 2.14. The molecule has 3 nitrogen and oxygen atoms in total. The molecule has 0 N–H and O–H groups in total. The van der Waals surface area contributed by atoms with Crippen LogP contribution in [-0.4, -0.2) is 19.2 Å². The lowest BCUT2D eigenvalue weighted by molar-refractivity contribution is 0.395. The SMILES string of the molecule is COc1ccc(-c2ccc3cccnc3c2)c(OC)c1. The van der Waals surface area contributed by atoms with Crippen molar-refractivity contribution >= 4 is 10.9 Å². The number of nitrogens with zero attached hydrogens (tertiary/aromatic N) is 1. The molecule has 0 amide bonds. The van der Waals surface area contributed by atoms with Crippen LogP contribution in [0.5, 0.6) is 11.5 Å². The van der Waals surface area contributed by atoms with Crippen molar-refractivity contribution in [2.75, 3.05) is 14.2 Å². The Bertz CT molecular complexity index is 753. The van der Waals surface area contributed by atoms with Crippen LogP contribution in [0.1, 0.15) is 0 Å². The van der Waals surface area contributed by atoms with E-state index in [4.69, 9.17) is 9.47 Å². The number of methoxy groups -OCH3 is 2. The summed E-state index contributed by atoms with van der Waals surface area (Å²) >= 11 is 0. The lowest BCUT2D eigenvalue weighted by atomic mass is 10.0. The molecule has 0 aliphatic heterocycles. The summed E-state index contributed by atoms with van der Waals surface area (Å²) in [6.45, 7) is 0. The summed E-state index contributed by atoms with van der Waals surface area (Å²) in [5.41, 5.74) is 3.08. The minimum atomic E-state index is 0.782. The zero-order valence-corrected chi connectivity index (χ0v) is 11.5. The second kappa shape index (κ2) is 5.21. The fourth-order valence-electron chi connectivity index (χ4n) is 2.27. The zero-order chi connectivity index (χ0) is 13.9. The summed E-state index contributed by atoms with van der Waals surface area (Å²) in [5, 5.41) is 1.13. The first-order valence-electron chi connectivity index (χ1n) is 6.39. The van der Waals surface area contributed by atoms with E-state index >= 15 is 0 Å². The van der Waals surface area contributed by atoms with Crippen molar-refractivity contribution in [2.45, 2.75) is 0 Å². The van der Waals surface area contributed by atoms with E-state index in [2.05, 4.69) is 29.2 Å². The third kappa shape index (κ3) is 2.18. The van der Waals surface area contributed by atoms with Crippen molar-refractivity contribution in [1.82, 2.24) is 4.98 Å². The predicted octanol–water partition coefficient (Wildman–Crippen LogP) is 3.92. The quantitative estimate of drug-likeness (QED) is 0.719. The number of aromatic nitrogens is 1. The lowest BCUT2D eigenvalue weighted by Crippen LogP contribution is -1.90. The van der Waals surface area contributed by atoms with Gasteiger partial charge in [0.05, 0.1) is 19.7 Å². The Hall–Kier alpha value is -2.55. The molecule has 0 aliphatic carbocycles. The van der Waals surface area contributed by atoms with Crippen molar-refractivity contribution in [3.8, 4) is 22.6 Å². The lowest BCUT2D eigenvalue weighted by Gasteiger charge is -2.11. The minimum Gasteiger partial charge on any atom is -0.497 e. The molecule has 0 spiro atoms. The van der Waals surface area contributed by atoms with Gasteiger partial charge in [-0.15, -0.1) is 0 Å². The van der Waals surface area contributed by atoms with E-state index in [1.54, 1.807) is 20.4 Å². The smallest absolute Gasteiger partial charge is 0.130 e. The van der Waals surface area contributed by atoms with E-state index in [0.29, 0.717) is 0 Å². The van der Waals surface area contributed by atoms with Gasteiger partial charge in [-0.2, -0.15) is 0 Å². The molecule has 0 saturated heterocycles. The summed E-state index contributed by atoms with van der Waals surface area (Å²) in [6.07, 6.45) is 1.80. The summed E-state index contributed by atoms with van der Waals surface area (Å²) in [5.74, 6) is 1.57. The summed E-state index contributed by atoms with van der Waals surface area (Å²) in [6, 6.07) is 16.0. The van der Waals surface area contributed by atoms with Gasteiger partial charge in [0.2, 0.25) is 0 Å². The highest BCUT2D eigenvalue weighted by molar-refractivity contribution is 5.85. The van der Waals surface area contributed by atoms with Gasteiger partial charge in [0, 0.05) is 23.2 Å². The first-order valence-corrected chi connectivity index (χ1v) is 6.39. The van der Waals surface area contributed by atoms with E-state index in [0.717, 1.165) is 33.5 Å². The fourth-order valence-corrected chi connectivity index (χ4v) is 2.27. The third-order valence-electron chi connectivity index (χ3n) is 3.33. The summed E-state index contributed by atoms with van der Waals surface area (Å²) in [7, 11) is 3.31. The molecular weight excluding hydrogens is 250 g/mol. The molecule has 2 aromatic carbocycles. The van der Waals surface area contributed by atoms with Gasteiger partial charge in [0.15, 0.2) is 0 Å². The van der Waals surface area contributed by atoms with Crippen molar-refractivity contribution < 1.29 is 9.47 Å². The molecule has 0 atom stereocenters. The summed E-state index contributed by atoms with van der Waals surface area (Å²) in [4.78, 5) is 4.39. The molecule has 0 fully saturated rings.